The summed E-state index contributed by atoms with van der Waals surface area (Å²) in [6.07, 6.45) is 0.00636. The Morgan fingerprint density at radius 3 is 2.62 bits per heavy atom. The molecule has 0 spiro atoms. The van der Waals surface area contributed by atoms with Crippen molar-refractivity contribution in [2.75, 3.05) is 7.11 Å². The molecule has 1 N–H and O–H groups in total. The molecule has 0 amide bonds. The van der Waals surface area contributed by atoms with E-state index in [1.54, 1.807) is 6.07 Å². The molecule has 0 fully saturated rings. The molecule has 0 saturated carbocycles. The third kappa shape index (κ3) is 2.89. The molecule has 0 aromatic heterocycles. The van der Waals surface area contributed by atoms with E-state index in [0.29, 0.717) is 11.5 Å². The number of hydrogen-bond acceptors (Lipinski definition) is 3. The van der Waals surface area contributed by atoms with E-state index in [2.05, 4.69) is 0 Å². The Labute approximate surface area is 94.8 Å². The Morgan fingerprint density at radius 2 is 2.12 bits per heavy atom. The summed E-state index contributed by atoms with van der Waals surface area (Å²) in [6.45, 7) is 3.52. The molecule has 88 valence electrons. The molecule has 0 bridgehead atoms. The molecule has 4 heteroatoms. The number of methoxy groups -OCH3 is 1. The van der Waals surface area contributed by atoms with Crippen LogP contribution in [0.1, 0.15) is 19.4 Å². The quantitative estimate of drug-likeness (QED) is 0.832. The second kappa shape index (κ2) is 5.39. The van der Waals surface area contributed by atoms with Crippen molar-refractivity contribution >= 4 is 5.97 Å². The van der Waals surface area contributed by atoms with Crippen LogP contribution in [0, 0.1) is 0 Å². The molecule has 0 heterocycles. The maximum atomic E-state index is 10.7. The highest BCUT2D eigenvalue weighted by atomic mass is 16.5. The van der Waals surface area contributed by atoms with Gasteiger partial charge in [0.2, 0.25) is 0 Å². The van der Waals surface area contributed by atoms with E-state index in [1.807, 2.05) is 19.1 Å². The van der Waals surface area contributed by atoms with Gasteiger partial charge < -0.3 is 14.6 Å². The number of ether oxygens (including phenoxy) is 2. The van der Waals surface area contributed by atoms with E-state index in [1.165, 1.54) is 14.0 Å². The number of rotatable bonds is 5. The first-order valence-electron chi connectivity index (χ1n) is 5.14. The molecular formula is C12H16O4. The molecular weight excluding hydrogens is 208 g/mol. The molecule has 1 unspecified atom stereocenters. The maximum absolute atomic E-state index is 10.7. The second-order valence-corrected chi connectivity index (χ2v) is 3.44. The van der Waals surface area contributed by atoms with Crippen LogP contribution in [0.4, 0.5) is 0 Å². The van der Waals surface area contributed by atoms with E-state index in [9.17, 15) is 4.79 Å². The summed E-state index contributed by atoms with van der Waals surface area (Å²) in [5.41, 5.74) is 1.12. The van der Waals surface area contributed by atoms with Crippen LogP contribution in [-0.2, 0) is 11.2 Å². The molecule has 0 aliphatic carbocycles. The van der Waals surface area contributed by atoms with Gasteiger partial charge in [-0.05, 0) is 31.0 Å². The molecule has 1 aromatic rings. The lowest BCUT2D eigenvalue weighted by atomic mass is 10.1. The third-order valence-corrected chi connectivity index (χ3v) is 2.29. The minimum atomic E-state index is -0.998. The maximum Gasteiger partial charge on any atom is 0.344 e. The summed E-state index contributed by atoms with van der Waals surface area (Å²) >= 11 is 0. The van der Waals surface area contributed by atoms with Crippen molar-refractivity contribution in [3.63, 3.8) is 0 Å². The van der Waals surface area contributed by atoms with E-state index in [-0.39, 0.29) is 0 Å². The highest BCUT2D eigenvalue weighted by molar-refractivity contribution is 5.72. The number of benzene rings is 1. The highest BCUT2D eigenvalue weighted by Gasteiger charge is 2.15. The first-order chi connectivity index (χ1) is 7.58. The monoisotopic (exact) mass is 224 g/mol. The van der Waals surface area contributed by atoms with Gasteiger partial charge >= 0.3 is 5.97 Å². The fraction of sp³-hybridized carbons (Fsp3) is 0.417. The Morgan fingerprint density at radius 1 is 1.44 bits per heavy atom. The number of carboxylic acids is 1. The normalized spacial score (nSPS) is 11.9. The van der Waals surface area contributed by atoms with Crippen LogP contribution in [0.15, 0.2) is 18.2 Å². The number of aryl methyl sites for hydroxylation is 1. The van der Waals surface area contributed by atoms with Gasteiger partial charge in [-0.1, -0.05) is 13.0 Å². The fourth-order valence-corrected chi connectivity index (χ4v) is 1.27. The van der Waals surface area contributed by atoms with E-state index >= 15 is 0 Å². The molecule has 1 rings (SSSR count). The van der Waals surface area contributed by atoms with Crippen molar-refractivity contribution < 1.29 is 19.4 Å². The SMILES string of the molecule is CCc1ccc(OC(C)C(=O)O)c(OC)c1. The van der Waals surface area contributed by atoms with Gasteiger partial charge in [0, 0.05) is 0 Å². The zero-order chi connectivity index (χ0) is 12.1. The van der Waals surface area contributed by atoms with Crippen LogP contribution in [-0.4, -0.2) is 24.3 Å². The number of hydrogen-bond donors (Lipinski definition) is 1. The Bertz CT molecular complexity index is 373. The number of carboxylic acid groups (broad SMARTS) is 1. The molecule has 0 aliphatic rings. The van der Waals surface area contributed by atoms with Gasteiger partial charge in [-0.25, -0.2) is 4.79 Å². The first kappa shape index (κ1) is 12.4. The second-order valence-electron chi connectivity index (χ2n) is 3.44. The molecule has 0 aliphatic heterocycles. The van der Waals surface area contributed by atoms with Crippen molar-refractivity contribution in [1.29, 1.82) is 0 Å². The fourth-order valence-electron chi connectivity index (χ4n) is 1.27. The lowest BCUT2D eigenvalue weighted by molar-refractivity contribution is -0.144. The largest absolute Gasteiger partial charge is 0.493 e. The average Bonchev–Trinajstić information content (AvgIpc) is 2.29. The minimum absolute atomic E-state index is 0.453. The van der Waals surface area contributed by atoms with Gasteiger partial charge in [-0.15, -0.1) is 0 Å². The summed E-state index contributed by atoms with van der Waals surface area (Å²) in [7, 11) is 1.53. The summed E-state index contributed by atoms with van der Waals surface area (Å²) in [6, 6.07) is 5.48. The summed E-state index contributed by atoms with van der Waals surface area (Å²) in [5.74, 6) is 0.0173. The van der Waals surface area contributed by atoms with Crippen molar-refractivity contribution in [2.45, 2.75) is 26.4 Å². The van der Waals surface area contributed by atoms with Gasteiger partial charge in [0.1, 0.15) is 0 Å². The van der Waals surface area contributed by atoms with Crippen molar-refractivity contribution in [2.24, 2.45) is 0 Å². The van der Waals surface area contributed by atoms with Gasteiger partial charge in [0.25, 0.3) is 0 Å². The van der Waals surface area contributed by atoms with Crippen molar-refractivity contribution in [3.05, 3.63) is 23.8 Å². The number of aliphatic carboxylic acids is 1. The average molecular weight is 224 g/mol. The lowest BCUT2D eigenvalue weighted by Crippen LogP contribution is -2.23. The first-order valence-corrected chi connectivity index (χ1v) is 5.14. The Kier molecular flexibility index (Phi) is 4.17. The van der Waals surface area contributed by atoms with Crippen LogP contribution < -0.4 is 9.47 Å². The highest BCUT2D eigenvalue weighted by Crippen LogP contribution is 2.29. The molecule has 0 radical (unpaired) electrons. The topological polar surface area (TPSA) is 55.8 Å². The Balaban J connectivity index is 2.91. The van der Waals surface area contributed by atoms with Crippen LogP contribution in [0.2, 0.25) is 0 Å². The van der Waals surface area contributed by atoms with Crippen LogP contribution in [0.25, 0.3) is 0 Å². The van der Waals surface area contributed by atoms with E-state index in [4.69, 9.17) is 14.6 Å². The summed E-state index contributed by atoms with van der Waals surface area (Å²) in [4.78, 5) is 10.7. The predicted molar refractivity (Wildman–Crippen MR) is 60.1 cm³/mol. The molecule has 1 aromatic carbocycles. The van der Waals surface area contributed by atoms with Crippen molar-refractivity contribution in [1.82, 2.24) is 0 Å². The van der Waals surface area contributed by atoms with Gasteiger partial charge in [-0.3, -0.25) is 0 Å². The van der Waals surface area contributed by atoms with E-state index < -0.39 is 12.1 Å². The predicted octanol–water partition coefficient (Wildman–Crippen LogP) is 2.11. The molecule has 1 atom stereocenters. The minimum Gasteiger partial charge on any atom is -0.493 e. The van der Waals surface area contributed by atoms with Crippen LogP contribution in [0.3, 0.4) is 0 Å². The van der Waals surface area contributed by atoms with E-state index in [0.717, 1.165) is 12.0 Å². The lowest BCUT2D eigenvalue weighted by Gasteiger charge is -2.14. The Hall–Kier alpha value is -1.71. The zero-order valence-corrected chi connectivity index (χ0v) is 9.69. The molecule has 0 saturated heterocycles. The summed E-state index contributed by atoms with van der Waals surface area (Å²) in [5, 5.41) is 8.74. The molecule has 4 nitrogen and oxygen atoms in total. The number of carbonyl (C=O) groups is 1. The van der Waals surface area contributed by atoms with Crippen LogP contribution >= 0.6 is 0 Å². The van der Waals surface area contributed by atoms with Gasteiger partial charge in [-0.2, -0.15) is 0 Å². The smallest absolute Gasteiger partial charge is 0.344 e. The van der Waals surface area contributed by atoms with Gasteiger partial charge in [0.15, 0.2) is 17.6 Å². The van der Waals surface area contributed by atoms with Crippen molar-refractivity contribution in [3.8, 4) is 11.5 Å². The third-order valence-electron chi connectivity index (χ3n) is 2.29. The standard InChI is InChI=1S/C12H16O4/c1-4-9-5-6-10(11(7-9)15-3)16-8(2)12(13)14/h5-8H,4H2,1-3H3,(H,13,14). The summed E-state index contributed by atoms with van der Waals surface area (Å²) < 4.78 is 10.4. The molecule has 16 heavy (non-hydrogen) atoms. The van der Waals surface area contributed by atoms with Crippen LogP contribution in [0.5, 0.6) is 11.5 Å². The van der Waals surface area contributed by atoms with Gasteiger partial charge in [0.05, 0.1) is 7.11 Å². The zero-order valence-electron chi connectivity index (χ0n) is 9.69.